The molecule has 1 aliphatic rings. The number of rotatable bonds is 5. The van der Waals surface area contributed by atoms with Gasteiger partial charge in [-0.15, -0.1) is 11.3 Å². The number of thiazole rings is 1. The lowest BCUT2D eigenvalue weighted by atomic mass is 9.99. The molecule has 2 aromatic rings. The number of nitrogens with one attached hydrogen (secondary N) is 1. The van der Waals surface area contributed by atoms with Crippen LogP contribution < -0.4 is 16.0 Å². The van der Waals surface area contributed by atoms with Crippen molar-refractivity contribution in [2.45, 2.75) is 32.2 Å². The van der Waals surface area contributed by atoms with Gasteiger partial charge < -0.3 is 4.74 Å². The van der Waals surface area contributed by atoms with Gasteiger partial charge in [-0.1, -0.05) is 15.9 Å². The highest BCUT2D eigenvalue weighted by molar-refractivity contribution is 9.10. The minimum Gasteiger partial charge on any atom is -0.493 e. The Hall–Kier alpha value is -0.950. The first-order chi connectivity index (χ1) is 10.2. The van der Waals surface area contributed by atoms with Crippen molar-refractivity contribution in [1.82, 2.24) is 10.4 Å². The maximum Gasteiger partial charge on any atom is 0.125 e. The van der Waals surface area contributed by atoms with Gasteiger partial charge in [-0.3, -0.25) is 11.3 Å². The number of aromatic nitrogens is 1. The molecule has 0 fully saturated rings. The fourth-order valence-electron chi connectivity index (χ4n) is 2.71. The molecule has 0 saturated carbocycles. The molecule has 1 aromatic heterocycles. The Kier molecular flexibility index (Phi) is 4.59. The summed E-state index contributed by atoms with van der Waals surface area (Å²) in [7, 11) is 0. The number of fused-ring (bicyclic) bond motifs is 1. The molecular formula is C15H18BrN3OS. The standard InChI is InChI=1S/C15H18BrN3OS/c1-9-18-14(8-21-9)7-13(19-17)6-11-5-12(16)4-10-2-3-20-15(10)11/h4-5,8,13,19H,2-3,6-7,17H2,1H3. The lowest BCUT2D eigenvalue weighted by Crippen LogP contribution is -2.38. The number of nitrogens with zero attached hydrogens (tertiary/aromatic N) is 1. The zero-order chi connectivity index (χ0) is 14.8. The summed E-state index contributed by atoms with van der Waals surface area (Å²) in [5.74, 6) is 6.77. The van der Waals surface area contributed by atoms with Gasteiger partial charge in [0.2, 0.25) is 0 Å². The monoisotopic (exact) mass is 367 g/mol. The van der Waals surface area contributed by atoms with Gasteiger partial charge in [0.05, 0.1) is 17.3 Å². The fourth-order valence-corrected chi connectivity index (χ4v) is 3.89. The smallest absolute Gasteiger partial charge is 0.125 e. The summed E-state index contributed by atoms with van der Waals surface area (Å²) >= 11 is 5.25. The van der Waals surface area contributed by atoms with Crippen LogP contribution in [-0.2, 0) is 19.3 Å². The van der Waals surface area contributed by atoms with E-state index in [9.17, 15) is 0 Å². The number of benzene rings is 1. The van der Waals surface area contributed by atoms with E-state index in [1.54, 1.807) is 11.3 Å². The first-order valence-corrected chi connectivity index (χ1v) is 8.64. The van der Waals surface area contributed by atoms with E-state index in [0.717, 1.165) is 46.8 Å². The predicted molar refractivity (Wildman–Crippen MR) is 88.7 cm³/mol. The van der Waals surface area contributed by atoms with Gasteiger partial charge >= 0.3 is 0 Å². The van der Waals surface area contributed by atoms with Crippen LogP contribution in [0.5, 0.6) is 5.75 Å². The molecule has 0 radical (unpaired) electrons. The largest absolute Gasteiger partial charge is 0.493 e. The van der Waals surface area contributed by atoms with Crippen LogP contribution in [0.25, 0.3) is 0 Å². The van der Waals surface area contributed by atoms with E-state index in [4.69, 9.17) is 10.6 Å². The Bertz CT molecular complexity index is 644. The van der Waals surface area contributed by atoms with Crippen molar-refractivity contribution < 1.29 is 4.74 Å². The van der Waals surface area contributed by atoms with E-state index in [1.807, 2.05) is 6.92 Å². The molecule has 6 heteroatoms. The van der Waals surface area contributed by atoms with E-state index in [2.05, 4.69) is 43.9 Å². The maximum atomic E-state index is 5.78. The average Bonchev–Trinajstić information content (AvgIpc) is 3.06. The van der Waals surface area contributed by atoms with Crippen molar-refractivity contribution in [3.63, 3.8) is 0 Å². The molecule has 4 nitrogen and oxygen atoms in total. The van der Waals surface area contributed by atoms with Crippen LogP contribution in [0.15, 0.2) is 22.0 Å². The highest BCUT2D eigenvalue weighted by Crippen LogP contribution is 2.33. The Morgan fingerprint density at radius 2 is 2.33 bits per heavy atom. The van der Waals surface area contributed by atoms with Gasteiger partial charge in [0.25, 0.3) is 0 Å². The van der Waals surface area contributed by atoms with Crippen LogP contribution in [0.4, 0.5) is 0 Å². The van der Waals surface area contributed by atoms with Crippen molar-refractivity contribution >= 4 is 27.3 Å². The van der Waals surface area contributed by atoms with Crippen LogP contribution in [0.1, 0.15) is 21.8 Å². The number of ether oxygens (including phenoxy) is 1. The van der Waals surface area contributed by atoms with E-state index < -0.39 is 0 Å². The summed E-state index contributed by atoms with van der Waals surface area (Å²) < 4.78 is 6.88. The van der Waals surface area contributed by atoms with Gasteiger partial charge in [0.1, 0.15) is 5.75 Å². The van der Waals surface area contributed by atoms with Crippen molar-refractivity contribution in [2.75, 3.05) is 6.61 Å². The first-order valence-electron chi connectivity index (χ1n) is 6.97. The summed E-state index contributed by atoms with van der Waals surface area (Å²) in [5.41, 5.74) is 6.48. The number of nitrogens with two attached hydrogens (primary N) is 1. The summed E-state index contributed by atoms with van der Waals surface area (Å²) in [6.45, 7) is 2.79. The van der Waals surface area contributed by atoms with Crippen molar-refractivity contribution in [3.8, 4) is 5.75 Å². The fraction of sp³-hybridized carbons (Fsp3) is 0.400. The molecule has 0 amide bonds. The minimum absolute atomic E-state index is 0.147. The van der Waals surface area contributed by atoms with E-state index in [-0.39, 0.29) is 6.04 Å². The number of halogens is 1. The highest BCUT2D eigenvalue weighted by Gasteiger charge is 2.20. The Labute approximate surface area is 136 Å². The summed E-state index contributed by atoms with van der Waals surface area (Å²) in [6.07, 6.45) is 2.63. The zero-order valence-corrected chi connectivity index (χ0v) is 14.3. The molecule has 0 saturated heterocycles. The van der Waals surface area contributed by atoms with Gasteiger partial charge in [-0.25, -0.2) is 4.98 Å². The van der Waals surface area contributed by atoms with E-state index >= 15 is 0 Å². The Morgan fingerprint density at radius 3 is 3.05 bits per heavy atom. The molecule has 3 N–H and O–H groups in total. The van der Waals surface area contributed by atoms with Crippen molar-refractivity contribution in [2.24, 2.45) is 5.84 Å². The molecule has 1 atom stereocenters. The van der Waals surface area contributed by atoms with E-state index in [0.29, 0.717) is 0 Å². The summed E-state index contributed by atoms with van der Waals surface area (Å²) in [6, 6.07) is 4.41. The molecule has 0 aliphatic carbocycles. The van der Waals surface area contributed by atoms with Gasteiger partial charge in [0, 0.05) is 28.7 Å². The third-order valence-corrected chi connectivity index (χ3v) is 4.93. The lowest BCUT2D eigenvalue weighted by Gasteiger charge is -2.17. The highest BCUT2D eigenvalue weighted by atomic mass is 79.9. The molecule has 0 bridgehead atoms. The number of hydrazine groups is 1. The molecule has 21 heavy (non-hydrogen) atoms. The predicted octanol–water partition coefficient (Wildman–Crippen LogP) is 2.77. The lowest BCUT2D eigenvalue weighted by molar-refractivity contribution is 0.351. The number of hydrogen-bond acceptors (Lipinski definition) is 5. The summed E-state index contributed by atoms with van der Waals surface area (Å²) in [5, 5.41) is 3.19. The zero-order valence-electron chi connectivity index (χ0n) is 11.9. The second-order valence-electron chi connectivity index (χ2n) is 5.28. The normalized spacial score (nSPS) is 14.8. The van der Waals surface area contributed by atoms with Crippen molar-refractivity contribution in [3.05, 3.63) is 43.8 Å². The molecular weight excluding hydrogens is 350 g/mol. The Balaban J connectivity index is 1.78. The Morgan fingerprint density at radius 1 is 1.48 bits per heavy atom. The third-order valence-electron chi connectivity index (χ3n) is 3.65. The van der Waals surface area contributed by atoms with E-state index in [1.165, 1.54) is 11.1 Å². The molecule has 1 unspecified atom stereocenters. The van der Waals surface area contributed by atoms with Gasteiger partial charge in [0.15, 0.2) is 0 Å². The molecule has 1 aliphatic heterocycles. The summed E-state index contributed by atoms with van der Waals surface area (Å²) in [4.78, 5) is 4.51. The molecule has 3 rings (SSSR count). The second kappa shape index (κ2) is 6.44. The minimum atomic E-state index is 0.147. The molecule has 2 heterocycles. The van der Waals surface area contributed by atoms with Crippen LogP contribution in [0.3, 0.4) is 0 Å². The van der Waals surface area contributed by atoms with Crippen LogP contribution in [-0.4, -0.2) is 17.6 Å². The number of aryl methyl sites for hydroxylation is 1. The molecule has 112 valence electrons. The SMILES string of the molecule is Cc1nc(CC(Cc2cc(Br)cc3c2OCC3)NN)cs1. The topological polar surface area (TPSA) is 60.2 Å². The van der Waals surface area contributed by atoms with Crippen LogP contribution >= 0.6 is 27.3 Å². The van der Waals surface area contributed by atoms with Gasteiger partial charge in [-0.05, 0) is 36.6 Å². The maximum absolute atomic E-state index is 5.78. The third kappa shape index (κ3) is 3.45. The number of hydrogen-bond donors (Lipinski definition) is 2. The molecule has 0 spiro atoms. The average molecular weight is 368 g/mol. The first kappa shape index (κ1) is 15.0. The van der Waals surface area contributed by atoms with Crippen LogP contribution in [0.2, 0.25) is 0 Å². The van der Waals surface area contributed by atoms with Gasteiger partial charge in [-0.2, -0.15) is 0 Å². The second-order valence-corrected chi connectivity index (χ2v) is 7.26. The molecule has 1 aromatic carbocycles. The van der Waals surface area contributed by atoms with Crippen LogP contribution in [0, 0.1) is 6.92 Å². The quantitative estimate of drug-likeness (QED) is 0.630. The van der Waals surface area contributed by atoms with Crippen molar-refractivity contribution in [1.29, 1.82) is 0 Å².